The highest BCUT2D eigenvalue weighted by atomic mass is 16.3. The van der Waals surface area contributed by atoms with Crippen LogP contribution in [-0.4, -0.2) is 14.8 Å². The van der Waals surface area contributed by atoms with E-state index < -0.39 is 0 Å². The summed E-state index contributed by atoms with van der Waals surface area (Å²) in [4.78, 5) is 4.45. The Bertz CT molecular complexity index is 787. The summed E-state index contributed by atoms with van der Waals surface area (Å²) in [6.07, 6.45) is 3.77. The molecular formula is C16H14N4O. The van der Waals surface area contributed by atoms with Crippen molar-refractivity contribution in [1.29, 1.82) is 0 Å². The molecule has 3 heterocycles. The van der Waals surface area contributed by atoms with Crippen molar-refractivity contribution in [3.63, 3.8) is 0 Å². The molecule has 2 aromatic heterocycles. The maximum Gasteiger partial charge on any atom is 0.226 e. The van der Waals surface area contributed by atoms with Crippen LogP contribution in [0.3, 0.4) is 0 Å². The van der Waals surface area contributed by atoms with Crippen molar-refractivity contribution in [3.8, 4) is 0 Å². The molecule has 1 aromatic carbocycles. The summed E-state index contributed by atoms with van der Waals surface area (Å²) >= 11 is 0. The first-order valence-electron chi connectivity index (χ1n) is 6.82. The Morgan fingerprint density at radius 2 is 2.00 bits per heavy atom. The molecule has 0 fully saturated rings. The zero-order chi connectivity index (χ0) is 14.2. The largest absolute Gasteiger partial charge is 0.463 e. The molecule has 104 valence electrons. The van der Waals surface area contributed by atoms with E-state index in [1.807, 2.05) is 41.9 Å². The fraction of sp³-hybridized carbons (Fsp3) is 0.125. The van der Waals surface area contributed by atoms with Gasteiger partial charge < -0.3 is 9.73 Å². The summed E-state index contributed by atoms with van der Waals surface area (Å²) in [7, 11) is 0. The van der Waals surface area contributed by atoms with Crippen LogP contribution in [-0.2, 0) is 0 Å². The van der Waals surface area contributed by atoms with Crippen molar-refractivity contribution in [3.05, 3.63) is 72.0 Å². The second kappa shape index (κ2) is 4.63. The first-order chi connectivity index (χ1) is 10.3. The number of aryl methyl sites for hydroxylation is 1. The molecule has 21 heavy (non-hydrogen) atoms. The molecule has 0 amide bonds. The van der Waals surface area contributed by atoms with E-state index in [-0.39, 0.29) is 6.04 Å². The summed E-state index contributed by atoms with van der Waals surface area (Å²) in [5, 5.41) is 7.77. The highest BCUT2D eigenvalue weighted by Gasteiger charge is 2.25. The smallest absolute Gasteiger partial charge is 0.226 e. The molecule has 0 saturated carbocycles. The van der Waals surface area contributed by atoms with Crippen molar-refractivity contribution >= 4 is 11.6 Å². The molecule has 0 saturated heterocycles. The van der Waals surface area contributed by atoms with Crippen LogP contribution < -0.4 is 5.32 Å². The topological polar surface area (TPSA) is 55.9 Å². The van der Waals surface area contributed by atoms with Crippen LogP contribution in [0.15, 0.2) is 59.2 Å². The summed E-state index contributed by atoms with van der Waals surface area (Å²) in [6.45, 7) is 1.89. The Morgan fingerprint density at radius 3 is 2.76 bits per heavy atom. The molecule has 0 spiro atoms. The van der Waals surface area contributed by atoms with Gasteiger partial charge in [-0.2, -0.15) is 10.1 Å². The first-order valence-corrected chi connectivity index (χ1v) is 6.82. The summed E-state index contributed by atoms with van der Waals surface area (Å²) in [5.74, 6) is 2.27. The molecule has 3 aromatic rings. The van der Waals surface area contributed by atoms with E-state index in [9.17, 15) is 0 Å². The highest BCUT2D eigenvalue weighted by molar-refractivity contribution is 5.74. The first kappa shape index (κ1) is 12.0. The number of furan rings is 1. The Labute approximate surface area is 121 Å². The number of nitrogens with one attached hydrogen (secondary N) is 1. The molecule has 4 rings (SSSR count). The number of benzene rings is 1. The fourth-order valence-electron chi connectivity index (χ4n) is 2.56. The van der Waals surface area contributed by atoms with Gasteiger partial charge in [0.05, 0.1) is 12.0 Å². The van der Waals surface area contributed by atoms with E-state index in [0.29, 0.717) is 0 Å². The van der Waals surface area contributed by atoms with Gasteiger partial charge in [-0.25, -0.2) is 4.68 Å². The number of allylic oxidation sites excluding steroid dienone is 1. The van der Waals surface area contributed by atoms with Gasteiger partial charge in [-0.1, -0.05) is 30.3 Å². The van der Waals surface area contributed by atoms with Gasteiger partial charge in [0.15, 0.2) is 0 Å². The average molecular weight is 278 g/mol. The quantitative estimate of drug-likeness (QED) is 0.782. The zero-order valence-electron chi connectivity index (χ0n) is 11.5. The van der Waals surface area contributed by atoms with Gasteiger partial charge in [-0.15, -0.1) is 0 Å². The molecule has 1 N–H and O–H groups in total. The van der Waals surface area contributed by atoms with Gasteiger partial charge in [0, 0.05) is 0 Å². The SMILES string of the molecule is Cc1nc2n(n1)C(c1ccccc1)C=C(c1ccco1)N2. The minimum absolute atomic E-state index is 0.00347. The van der Waals surface area contributed by atoms with Crippen molar-refractivity contribution in [2.24, 2.45) is 0 Å². The number of rotatable bonds is 2. The summed E-state index contributed by atoms with van der Waals surface area (Å²) in [5.41, 5.74) is 2.07. The normalized spacial score (nSPS) is 17.0. The van der Waals surface area contributed by atoms with Crippen LogP contribution in [0.1, 0.15) is 23.2 Å². The molecule has 1 unspecified atom stereocenters. The van der Waals surface area contributed by atoms with Gasteiger partial charge in [0.2, 0.25) is 5.95 Å². The predicted molar refractivity (Wildman–Crippen MR) is 79.6 cm³/mol. The summed E-state index contributed by atoms with van der Waals surface area (Å²) in [6, 6.07) is 14.1. The third kappa shape index (κ3) is 2.03. The van der Waals surface area contributed by atoms with Crippen LogP contribution in [0.5, 0.6) is 0 Å². The summed E-state index contributed by atoms with van der Waals surface area (Å²) < 4.78 is 7.39. The lowest BCUT2D eigenvalue weighted by Gasteiger charge is -2.23. The Morgan fingerprint density at radius 1 is 1.14 bits per heavy atom. The van der Waals surface area contributed by atoms with Gasteiger partial charge in [-0.05, 0) is 30.7 Å². The number of nitrogens with zero attached hydrogens (tertiary/aromatic N) is 3. The standard InChI is InChI=1S/C16H14N4O/c1-11-17-16-18-13(15-8-5-9-21-15)10-14(20(16)19-11)12-6-3-2-4-7-12/h2-10,14H,1H3,(H,17,18,19). The average Bonchev–Trinajstić information content (AvgIpc) is 3.15. The molecule has 5 heteroatoms. The molecular weight excluding hydrogens is 264 g/mol. The van der Waals surface area contributed by atoms with Gasteiger partial charge in [-0.3, -0.25) is 0 Å². The van der Waals surface area contributed by atoms with Crippen molar-refractivity contribution in [1.82, 2.24) is 14.8 Å². The Balaban J connectivity index is 1.85. The van der Waals surface area contributed by atoms with E-state index in [1.165, 1.54) is 0 Å². The molecule has 1 atom stereocenters. The second-order valence-corrected chi connectivity index (χ2v) is 4.97. The van der Waals surface area contributed by atoms with Crippen LogP contribution in [0.2, 0.25) is 0 Å². The fourth-order valence-corrected chi connectivity index (χ4v) is 2.56. The zero-order valence-corrected chi connectivity index (χ0v) is 11.5. The van der Waals surface area contributed by atoms with E-state index in [1.54, 1.807) is 6.26 Å². The number of hydrogen-bond acceptors (Lipinski definition) is 4. The van der Waals surface area contributed by atoms with E-state index in [2.05, 4.69) is 33.6 Å². The second-order valence-electron chi connectivity index (χ2n) is 4.97. The van der Waals surface area contributed by atoms with Crippen LogP contribution in [0.25, 0.3) is 5.70 Å². The third-order valence-electron chi connectivity index (χ3n) is 3.50. The molecule has 1 aliphatic heterocycles. The molecule has 1 aliphatic rings. The van der Waals surface area contributed by atoms with Gasteiger partial charge in [0.25, 0.3) is 0 Å². The molecule has 0 aliphatic carbocycles. The number of aromatic nitrogens is 3. The number of anilines is 1. The Hall–Kier alpha value is -2.82. The van der Waals surface area contributed by atoms with Crippen LogP contribution >= 0.6 is 0 Å². The lowest BCUT2D eigenvalue weighted by molar-refractivity contribution is 0.547. The number of fused-ring (bicyclic) bond motifs is 1. The van der Waals surface area contributed by atoms with Crippen LogP contribution in [0.4, 0.5) is 5.95 Å². The molecule has 0 radical (unpaired) electrons. The van der Waals surface area contributed by atoms with Crippen molar-refractivity contribution in [2.45, 2.75) is 13.0 Å². The lowest BCUT2D eigenvalue weighted by Crippen LogP contribution is -2.20. The third-order valence-corrected chi connectivity index (χ3v) is 3.50. The maximum absolute atomic E-state index is 5.49. The number of hydrogen-bond donors (Lipinski definition) is 1. The van der Waals surface area contributed by atoms with E-state index in [4.69, 9.17) is 4.42 Å². The van der Waals surface area contributed by atoms with E-state index >= 15 is 0 Å². The minimum Gasteiger partial charge on any atom is -0.463 e. The maximum atomic E-state index is 5.49. The highest BCUT2D eigenvalue weighted by Crippen LogP contribution is 2.32. The lowest BCUT2D eigenvalue weighted by atomic mass is 10.0. The molecule has 5 nitrogen and oxygen atoms in total. The van der Waals surface area contributed by atoms with Crippen LogP contribution in [0, 0.1) is 6.92 Å². The van der Waals surface area contributed by atoms with Gasteiger partial charge >= 0.3 is 0 Å². The van der Waals surface area contributed by atoms with Crippen molar-refractivity contribution in [2.75, 3.05) is 5.32 Å². The monoisotopic (exact) mass is 278 g/mol. The predicted octanol–water partition coefficient (Wildman–Crippen LogP) is 3.24. The van der Waals surface area contributed by atoms with Crippen molar-refractivity contribution < 1.29 is 4.42 Å². The van der Waals surface area contributed by atoms with E-state index in [0.717, 1.165) is 28.8 Å². The molecule has 0 bridgehead atoms. The Kier molecular flexibility index (Phi) is 2.64. The van der Waals surface area contributed by atoms with Gasteiger partial charge in [0.1, 0.15) is 17.6 Å². The minimum atomic E-state index is 0.00347.